The molecule has 3 aliphatic rings. The highest BCUT2D eigenvalue weighted by Crippen LogP contribution is 2.22. The Bertz CT molecular complexity index is 540. The third-order valence-corrected chi connectivity index (χ3v) is 6.93. The number of likely N-dealkylation sites (N-methyl/N-ethyl adjacent to an activating group) is 1. The summed E-state index contributed by atoms with van der Waals surface area (Å²) < 4.78 is 0. The van der Waals surface area contributed by atoms with Crippen LogP contribution in [0.3, 0.4) is 0 Å². The van der Waals surface area contributed by atoms with E-state index in [0.717, 1.165) is 83.7 Å². The van der Waals surface area contributed by atoms with Crippen molar-refractivity contribution in [3.63, 3.8) is 0 Å². The lowest BCUT2D eigenvalue weighted by atomic mass is 10.2. The molecule has 0 spiro atoms. The van der Waals surface area contributed by atoms with E-state index in [9.17, 15) is 4.79 Å². The number of nitrogens with zero attached hydrogens (tertiary/aromatic N) is 5. The van der Waals surface area contributed by atoms with E-state index in [1.807, 2.05) is 4.90 Å². The Hall–Kier alpha value is -0.610. The van der Waals surface area contributed by atoms with Crippen LogP contribution in [-0.4, -0.2) is 110 Å². The maximum atomic E-state index is 12.7. The molecule has 0 aromatic heterocycles. The molecule has 2 saturated heterocycles. The van der Waals surface area contributed by atoms with Crippen LogP contribution in [0.25, 0.3) is 0 Å². The van der Waals surface area contributed by atoms with E-state index in [1.165, 1.54) is 25.7 Å². The number of amides is 1. The van der Waals surface area contributed by atoms with E-state index >= 15 is 0 Å². The normalized spacial score (nSPS) is 22.5. The van der Waals surface area contributed by atoms with Gasteiger partial charge in [0, 0.05) is 58.4 Å². The summed E-state index contributed by atoms with van der Waals surface area (Å²) >= 11 is 0. The van der Waals surface area contributed by atoms with Crippen LogP contribution in [0.2, 0.25) is 0 Å². The third-order valence-electron chi connectivity index (χ3n) is 6.93. The molecule has 0 radical (unpaired) electrons. The van der Waals surface area contributed by atoms with Crippen molar-refractivity contribution in [2.24, 2.45) is 4.99 Å². The Morgan fingerprint density at radius 3 is 2.27 bits per heavy atom. The van der Waals surface area contributed by atoms with E-state index in [4.69, 9.17) is 4.99 Å². The van der Waals surface area contributed by atoms with Crippen LogP contribution in [0.5, 0.6) is 0 Å². The lowest BCUT2D eigenvalue weighted by Crippen LogP contribution is -2.57. The quantitative estimate of drug-likeness (QED) is 0.308. The number of carbonyl (C=O) groups is 1. The number of likely N-dealkylation sites (tertiary alicyclic amines) is 1. The molecule has 174 valence electrons. The van der Waals surface area contributed by atoms with E-state index in [0.29, 0.717) is 5.91 Å². The second kappa shape index (κ2) is 13.1. The highest BCUT2D eigenvalue weighted by atomic mass is 127. The minimum absolute atomic E-state index is 0. The minimum atomic E-state index is -0.00478. The maximum absolute atomic E-state index is 12.7. The van der Waals surface area contributed by atoms with Crippen molar-refractivity contribution in [1.82, 2.24) is 24.9 Å². The molecule has 2 aliphatic heterocycles. The highest BCUT2D eigenvalue weighted by molar-refractivity contribution is 14.0. The van der Waals surface area contributed by atoms with Crippen molar-refractivity contribution in [3.8, 4) is 0 Å². The van der Waals surface area contributed by atoms with Gasteiger partial charge < -0.3 is 20.0 Å². The predicted molar refractivity (Wildman–Crippen MR) is 135 cm³/mol. The molecule has 3 rings (SSSR count). The first-order valence-electron chi connectivity index (χ1n) is 11.9. The van der Waals surface area contributed by atoms with Crippen LogP contribution in [0, 0.1) is 0 Å². The summed E-state index contributed by atoms with van der Waals surface area (Å²) in [6.45, 7) is 12.6. The van der Waals surface area contributed by atoms with Gasteiger partial charge >= 0.3 is 0 Å². The summed E-state index contributed by atoms with van der Waals surface area (Å²) in [5, 5.41) is 3.47. The second-order valence-corrected chi connectivity index (χ2v) is 8.89. The van der Waals surface area contributed by atoms with E-state index in [-0.39, 0.29) is 30.0 Å². The lowest BCUT2D eigenvalue weighted by molar-refractivity contribution is -0.135. The van der Waals surface area contributed by atoms with Gasteiger partial charge in [-0.25, -0.2) is 0 Å². The van der Waals surface area contributed by atoms with Gasteiger partial charge in [0.15, 0.2) is 5.96 Å². The van der Waals surface area contributed by atoms with Crippen molar-refractivity contribution in [2.45, 2.75) is 64.5 Å². The van der Waals surface area contributed by atoms with Crippen LogP contribution in [0.4, 0.5) is 0 Å². The fourth-order valence-electron chi connectivity index (χ4n) is 4.95. The summed E-state index contributed by atoms with van der Waals surface area (Å²) in [7, 11) is 2.25. The van der Waals surface area contributed by atoms with Gasteiger partial charge in [0.1, 0.15) is 0 Å². The molecule has 1 amide bonds. The van der Waals surface area contributed by atoms with Gasteiger partial charge in [0.25, 0.3) is 0 Å². The number of piperazine rings is 1. The van der Waals surface area contributed by atoms with Gasteiger partial charge in [-0.1, -0.05) is 12.8 Å². The molecule has 0 bridgehead atoms. The van der Waals surface area contributed by atoms with Gasteiger partial charge in [-0.2, -0.15) is 0 Å². The van der Waals surface area contributed by atoms with Crippen LogP contribution in [0.15, 0.2) is 4.99 Å². The second-order valence-electron chi connectivity index (χ2n) is 8.89. The predicted octanol–water partition coefficient (Wildman–Crippen LogP) is 2.07. The number of hydrogen-bond donors (Lipinski definition) is 1. The summed E-state index contributed by atoms with van der Waals surface area (Å²) in [5.74, 6) is 1.34. The third kappa shape index (κ3) is 6.95. The van der Waals surface area contributed by atoms with Crippen molar-refractivity contribution in [2.75, 3.05) is 66.0 Å². The average Bonchev–Trinajstić information content (AvgIpc) is 3.46. The SMILES string of the molecule is CCNC(=NCCN(C)C1CCCC1)N1CCN(C(C)C(=O)N2CCCC2)CC1.I. The standard InChI is InChI=1S/C22H42N6O.HI/c1-4-23-22(24-11-14-25(3)20-9-5-6-10-20)28-17-15-26(16-18-28)19(2)21(29)27-12-7-8-13-27;/h19-20H,4-18H2,1-3H3,(H,23,24);1H. The minimum Gasteiger partial charge on any atom is -0.357 e. The number of hydrogen-bond acceptors (Lipinski definition) is 4. The summed E-state index contributed by atoms with van der Waals surface area (Å²) in [6, 6.07) is 0.751. The molecule has 1 saturated carbocycles. The first-order valence-corrected chi connectivity index (χ1v) is 11.9. The van der Waals surface area contributed by atoms with Crippen molar-refractivity contribution in [1.29, 1.82) is 0 Å². The molecule has 0 aromatic rings. The molecule has 3 fully saturated rings. The summed E-state index contributed by atoms with van der Waals surface area (Å²) in [5.41, 5.74) is 0. The fourth-order valence-corrected chi connectivity index (χ4v) is 4.95. The van der Waals surface area contributed by atoms with Gasteiger partial charge in [0.2, 0.25) is 5.91 Å². The molecule has 7 nitrogen and oxygen atoms in total. The van der Waals surface area contributed by atoms with Gasteiger partial charge in [-0.3, -0.25) is 14.7 Å². The number of aliphatic imine (C=N–C) groups is 1. The zero-order chi connectivity index (χ0) is 20.6. The molecule has 0 aromatic carbocycles. The number of rotatable bonds is 7. The van der Waals surface area contributed by atoms with E-state index in [1.54, 1.807) is 0 Å². The number of guanidine groups is 1. The molecular formula is C22H43IN6O. The van der Waals surface area contributed by atoms with Crippen LogP contribution < -0.4 is 5.32 Å². The lowest BCUT2D eigenvalue weighted by Gasteiger charge is -2.39. The Balaban J connectivity index is 0.00000320. The fraction of sp³-hybridized carbons (Fsp3) is 0.909. The molecule has 1 N–H and O–H groups in total. The van der Waals surface area contributed by atoms with E-state index < -0.39 is 0 Å². The molecule has 1 aliphatic carbocycles. The molecular weight excluding hydrogens is 491 g/mol. The van der Waals surface area contributed by atoms with Crippen molar-refractivity contribution in [3.05, 3.63) is 0 Å². The number of halogens is 1. The van der Waals surface area contributed by atoms with Crippen LogP contribution in [-0.2, 0) is 4.79 Å². The van der Waals surface area contributed by atoms with Crippen molar-refractivity contribution < 1.29 is 4.79 Å². The smallest absolute Gasteiger partial charge is 0.239 e. The first kappa shape index (κ1) is 25.6. The van der Waals surface area contributed by atoms with Crippen molar-refractivity contribution >= 4 is 35.8 Å². The van der Waals surface area contributed by atoms with Gasteiger partial charge in [-0.05, 0) is 46.6 Å². The van der Waals surface area contributed by atoms with Gasteiger partial charge in [-0.15, -0.1) is 24.0 Å². The average molecular weight is 535 g/mol. The zero-order valence-electron chi connectivity index (χ0n) is 19.3. The number of carbonyl (C=O) groups excluding carboxylic acids is 1. The van der Waals surface area contributed by atoms with Crippen LogP contribution in [0.1, 0.15) is 52.4 Å². The molecule has 1 atom stereocenters. The largest absolute Gasteiger partial charge is 0.357 e. The van der Waals surface area contributed by atoms with E-state index in [2.05, 4.69) is 40.9 Å². The van der Waals surface area contributed by atoms with Crippen LogP contribution >= 0.6 is 24.0 Å². The Labute approximate surface area is 200 Å². The zero-order valence-corrected chi connectivity index (χ0v) is 21.6. The monoisotopic (exact) mass is 534 g/mol. The number of nitrogens with one attached hydrogen (secondary N) is 1. The first-order chi connectivity index (χ1) is 14.1. The molecule has 30 heavy (non-hydrogen) atoms. The molecule has 2 heterocycles. The topological polar surface area (TPSA) is 54.4 Å². The summed E-state index contributed by atoms with van der Waals surface area (Å²) in [4.78, 5) is 26.9. The molecule has 8 heteroatoms. The Kier molecular flexibility index (Phi) is 11.2. The maximum Gasteiger partial charge on any atom is 0.239 e. The Morgan fingerprint density at radius 1 is 1.03 bits per heavy atom. The Morgan fingerprint density at radius 2 is 1.67 bits per heavy atom. The molecule has 1 unspecified atom stereocenters. The highest BCUT2D eigenvalue weighted by Gasteiger charge is 2.30. The van der Waals surface area contributed by atoms with Gasteiger partial charge in [0.05, 0.1) is 12.6 Å². The summed E-state index contributed by atoms with van der Waals surface area (Å²) in [6.07, 6.45) is 7.76.